The topological polar surface area (TPSA) is 29.3 Å². The number of nitrogens with zero attached hydrogens (tertiary/aromatic N) is 1. The Balaban J connectivity index is 2.18. The third-order valence-corrected chi connectivity index (χ3v) is 4.52. The zero-order valence-corrected chi connectivity index (χ0v) is 12.9. The number of hydrogen-bond acceptors (Lipinski definition) is 2. The van der Waals surface area contributed by atoms with Crippen molar-refractivity contribution in [2.75, 3.05) is 13.1 Å². The van der Waals surface area contributed by atoms with Crippen LogP contribution in [0, 0.1) is 11.8 Å². The van der Waals surface area contributed by atoms with E-state index in [4.69, 9.17) is 17.3 Å². The van der Waals surface area contributed by atoms with E-state index < -0.39 is 0 Å². The van der Waals surface area contributed by atoms with E-state index in [2.05, 4.69) is 37.8 Å². The number of benzene rings is 1. The van der Waals surface area contributed by atoms with Crippen LogP contribution in [0.15, 0.2) is 24.3 Å². The van der Waals surface area contributed by atoms with E-state index >= 15 is 0 Å². The summed E-state index contributed by atoms with van der Waals surface area (Å²) in [7, 11) is 0. The van der Waals surface area contributed by atoms with Crippen molar-refractivity contribution < 1.29 is 0 Å². The van der Waals surface area contributed by atoms with Gasteiger partial charge >= 0.3 is 0 Å². The quantitative estimate of drug-likeness (QED) is 0.911. The molecule has 0 bridgehead atoms. The van der Waals surface area contributed by atoms with Crippen molar-refractivity contribution in [1.29, 1.82) is 0 Å². The van der Waals surface area contributed by atoms with E-state index in [1.54, 1.807) is 0 Å². The molecule has 0 radical (unpaired) electrons. The van der Waals surface area contributed by atoms with Gasteiger partial charge in [-0.05, 0) is 49.4 Å². The van der Waals surface area contributed by atoms with Crippen LogP contribution in [-0.4, -0.2) is 24.0 Å². The highest BCUT2D eigenvalue weighted by Gasteiger charge is 2.32. The van der Waals surface area contributed by atoms with Crippen LogP contribution in [0.3, 0.4) is 0 Å². The van der Waals surface area contributed by atoms with Crippen LogP contribution in [0.25, 0.3) is 0 Å². The highest BCUT2D eigenvalue weighted by molar-refractivity contribution is 6.30. The Morgan fingerprint density at radius 2 is 2.05 bits per heavy atom. The van der Waals surface area contributed by atoms with Gasteiger partial charge in [0.25, 0.3) is 0 Å². The first-order valence-electron chi connectivity index (χ1n) is 7.24. The summed E-state index contributed by atoms with van der Waals surface area (Å²) in [6.45, 7) is 9.01. The molecule has 1 aliphatic rings. The van der Waals surface area contributed by atoms with Gasteiger partial charge in [0, 0.05) is 23.7 Å². The molecule has 3 atom stereocenters. The summed E-state index contributed by atoms with van der Waals surface area (Å²) in [6.07, 6.45) is 1.28. The zero-order valence-electron chi connectivity index (χ0n) is 12.1. The van der Waals surface area contributed by atoms with Crippen LogP contribution < -0.4 is 5.73 Å². The molecule has 1 heterocycles. The van der Waals surface area contributed by atoms with E-state index in [-0.39, 0.29) is 12.1 Å². The second-order valence-electron chi connectivity index (χ2n) is 6.15. The fourth-order valence-electron chi connectivity index (χ4n) is 3.15. The largest absolute Gasteiger partial charge is 0.326 e. The lowest BCUT2D eigenvalue weighted by Crippen LogP contribution is -2.38. The molecule has 1 aromatic carbocycles. The molecule has 0 saturated carbocycles. The molecule has 1 aliphatic heterocycles. The van der Waals surface area contributed by atoms with Crippen LogP contribution >= 0.6 is 11.6 Å². The summed E-state index contributed by atoms with van der Waals surface area (Å²) in [5.74, 6) is 1.54. The molecule has 3 heteroatoms. The molecule has 0 spiro atoms. The summed E-state index contributed by atoms with van der Waals surface area (Å²) in [5, 5.41) is 0.794. The van der Waals surface area contributed by atoms with Gasteiger partial charge in [-0.1, -0.05) is 37.6 Å². The Labute approximate surface area is 121 Å². The van der Waals surface area contributed by atoms with Crippen molar-refractivity contribution >= 4 is 11.6 Å². The van der Waals surface area contributed by atoms with Gasteiger partial charge in [0.1, 0.15) is 0 Å². The molecule has 0 aliphatic carbocycles. The van der Waals surface area contributed by atoms with Gasteiger partial charge in [0.15, 0.2) is 0 Å². The van der Waals surface area contributed by atoms with Gasteiger partial charge in [-0.3, -0.25) is 4.90 Å². The molecule has 2 nitrogen and oxygen atoms in total. The molecule has 2 N–H and O–H groups in total. The number of likely N-dealkylation sites (tertiary alicyclic amines) is 1. The van der Waals surface area contributed by atoms with Crippen molar-refractivity contribution in [2.45, 2.75) is 39.3 Å². The van der Waals surface area contributed by atoms with Gasteiger partial charge in [-0.15, -0.1) is 0 Å². The van der Waals surface area contributed by atoms with Gasteiger partial charge in [0.05, 0.1) is 0 Å². The van der Waals surface area contributed by atoms with E-state index in [0.29, 0.717) is 0 Å². The average Bonchev–Trinajstić information content (AvgIpc) is 2.78. The smallest absolute Gasteiger partial charge is 0.0497 e. The fraction of sp³-hybridized carbons (Fsp3) is 0.625. The molecule has 19 heavy (non-hydrogen) atoms. The van der Waals surface area contributed by atoms with Crippen molar-refractivity contribution in [3.05, 3.63) is 34.9 Å². The Bertz CT molecular complexity index is 417. The molecule has 1 fully saturated rings. The second-order valence-corrected chi connectivity index (χ2v) is 6.58. The van der Waals surface area contributed by atoms with Crippen molar-refractivity contribution in [1.82, 2.24) is 4.90 Å². The second kappa shape index (κ2) is 6.25. The molecule has 106 valence electrons. The molecular formula is C16H25ClN2. The number of halogens is 1. The number of hydrogen-bond donors (Lipinski definition) is 1. The van der Waals surface area contributed by atoms with E-state index in [0.717, 1.165) is 29.9 Å². The highest BCUT2D eigenvalue weighted by atomic mass is 35.5. The summed E-state index contributed by atoms with van der Waals surface area (Å²) in [4.78, 5) is 2.53. The first-order chi connectivity index (χ1) is 8.99. The predicted molar refractivity (Wildman–Crippen MR) is 82.4 cm³/mol. The van der Waals surface area contributed by atoms with Crippen molar-refractivity contribution in [3.63, 3.8) is 0 Å². The lowest BCUT2D eigenvalue weighted by molar-refractivity contribution is 0.204. The lowest BCUT2D eigenvalue weighted by atomic mass is 9.95. The van der Waals surface area contributed by atoms with Gasteiger partial charge < -0.3 is 5.73 Å². The number of nitrogens with two attached hydrogens (primary N) is 1. The minimum atomic E-state index is 0.115. The Morgan fingerprint density at radius 1 is 1.32 bits per heavy atom. The first-order valence-corrected chi connectivity index (χ1v) is 7.62. The van der Waals surface area contributed by atoms with Gasteiger partial charge in [0.2, 0.25) is 0 Å². The Hall–Kier alpha value is -0.570. The highest BCUT2D eigenvalue weighted by Crippen LogP contribution is 2.33. The molecule has 2 rings (SSSR count). The van der Waals surface area contributed by atoms with Crippen LogP contribution in [0.5, 0.6) is 0 Å². The summed E-state index contributed by atoms with van der Waals surface area (Å²) in [6, 6.07) is 8.53. The third-order valence-electron chi connectivity index (χ3n) is 4.28. The molecule has 1 saturated heterocycles. The normalized spacial score (nSPS) is 23.8. The van der Waals surface area contributed by atoms with Crippen LogP contribution in [0.2, 0.25) is 5.02 Å². The maximum atomic E-state index is 6.24. The predicted octanol–water partition coefficient (Wildman–Crippen LogP) is 3.71. The SMILES string of the molecule is CC(C)C1CCN(C(c2cccc(Cl)c2)C(C)N)C1. The Morgan fingerprint density at radius 3 is 2.58 bits per heavy atom. The number of rotatable bonds is 4. The minimum absolute atomic E-state index is 0.115. The van der Waals surface area contributed by atoms with Gasteiger partial charge in [-0.25, -0.2) is 0 Å². The summed E-state index contributed by atoms with van der Waals surface area (Å²) < 4.78 is 0. The van der Waals surface area contributed by atoms with Crippen molar-refractivity contribution in [2.24, 2.45) is 17.6 Å². The monoisotopic (exact) mass is 280 g/mol. The summed E-state index contributed by atoms with van der Waals surface area (Å²) >= 11 is 6.12. The lowest BCUT2D eigenvalue weighted by Gasteiger charge is -2.32. The van der Waals surface area contributed by atoms with Crippen LogP contribution in [0.4, 0.5) is 0 Å². The zero-order chi connectivity index (χ0) is 14.0. The van der Waals surface area contributed by atoms with E-state index in [9.17, 15) is 0 Å². The molecule has 1 aromatic rings. The summed E-state index contributed by atoms with van der Waals surface area (Å²) in [5.41, 5.74) is 7.48. The minimum Gasteiger partial charge on any atom is -0.326 e. The fourth-order valence-corrected chi connectivity index (χ4v) is 3.35. The van der Waals surface area contributed by atoms with Crippen LogP contribution in [-0.2, 0) is 0 Å². The maximum absolute atomic E-state index is 6.24. The third kappa shape index (κ3) is 3.50. The molecule has 0 aromatic heterocycles. The molecule has 0 amide bonds. The maximum Gasteiger partial charge on any atom is 0.0497 e. The first kappa shape index (κ1) is 14.8. The van der Waals surface area contributed by atoms with Crippen molar-refractivity contribution in [3.8, 4) is 0 Å². The van der Waals surface area contributed by atoms with Crippen LogP contribution in [0.1, 0.15) is 38.8 Å². The molecular weight excluding hydrogens is 256 g/mol. The van der Waals surface area contributed by atoms with E-state index in [1.165, 1.54) is 12.0 Å². The molecule has 3 unspecified atom stereocenters. The Kier molecular flexibility index (Phi) is 4.88. The average molecular weight is 281 g/mol. The van der Waals surface area contributed by atoms with Gasteiger partial charge in [-0.2, -0.15) is 0 Å². The van der Waals surface area contributed by atoms with E-state index in [1.807, 2.05) is 12.1 Å². The standard InChI is InChI=1S/C16H25ClN2/c1-11(2)14-7-8-19(10-14)16(12(3)18)13-5-4-6-15(17)9-13/h4-6,9,11-12,14,16H,7-8,10,18H2,1-3H3.